The normalized spacial score (nSPS) is 10.6. The van der Waals surface area contributed by atoms with Crippen LogP contribution >= 0.6 is 11.3 Å². The van der Waals surface area contributed by atoms with Crippen molar-refractivity contribution in [2.45, 2.75) is 33.2 Å². The molecule has 5 heteroatoms. The van der Waals surface area contributed by atoms with Crippen LogP contribution in [0.3, 0.4) is 0 Å². The van der Waals surface area contributed by atoms with Crippen molar-refractivity contribution in [3.8, 4) is 0 Å². The van der Waals surface area contributed by atoms with E-state index in [9.17, 15) is 4.79 Å². The van der Waals surface area contributed by atoms with Crippen LogP contribution < -0.4 is 5.32 Å². The minimum Gasteiger partial charge on any atom is -0.306 e. The minimum atomic E-state index is -0.0419. The van der Waals surface area contributed by atoms with Crippen LogP contribution in [-0.4, -0.2) is 15.7 Å². The first-order valence-electron chi connectivity index (χ1n) is 6.15. The molecule has 0 aliphatic heterocycles. The van der Waals surface area contributed by atoms with E-state index in [-0.39, 0.29) is 5.91 Å². The number of aryl methyl sites for hydroxylation is 2. The lowest BCUT2D eigenvalue weighted by Gasteiger charge is -2.07. The largest absolute Gasteiger partial charge is 0.306 e. The van der Waals surface area contributed by atoms with E-state index < -0.39 is 0 Å². The second kappa shape index (κ2) is 5.82. The van der Waals surface area contributed by atoms with Gasteiger partial charge in [-0.3, -0.25) is 4.79 Å². The van der Waals surface area contributed by atoms with Crippen molar-refractivity contribution in [1.29, 1.82) is 0 Å². The Morgan fingerprint density at radius 1 is 1.44 bits per heavy atom. The van der Waals surface area contributed by atoms with Crippen LogP contribution in [0.4, 0.5) is 5.82 Å². The monoisotopic (exact) mass is 263 g/mol. The zero-order valence-electron chi connectivity index (χ0n) is 10.6. The molecule has 0 aliphatic carbocycles. The summed E-state index contributed by atoms with van der Waals surface area (Å²) in [4.78, 5) is 13.0. The van der Waals surface area contributed by atoms with E-state index in [1.165, 1.54) is 11.3 Å². The summed E-state index contributed by atoms with van der Waals surface area (Å²) < 4.78 is 1.82. The van der Waals surface area contributed by atoms with Gasteiger partial charge in [-0.15, -0.1) is 11.3 Å². The maximum Gasteiger partial charge on any atom is 0.267 e. The number of hydrogen-bond acceptors (Lipinski definition) is 3. The Bertz CT molecular complexity index is 530. The summed E-state index contributed by atoms with van der Waals surface area (Å²) in [6.45, 7) is 4.95. The molecule has 0 saturated carbocycles. The number of anilines is 1. The molecule has 96 valence electrons. The molecule has 0 fully saturated rings. The highest BCUT2D eigenvalue weighted by atomic mass is 32.1. The number of rotatable bonds is 5. The van der Waals surface area contributed by atoms with Crippen LogP contribution in [0.1, 0.15) is 35.5 Å². The predicted molar refractivity (Wildman–Crippen MR) is 74.2 cm³/mol. The molecule has 2 heterocycles. The van der Waals surface area contributed by atoms with Crippen LogP contribution in [0, 0.1) is 0 Å². The van der Waals surface area contributed by atoms with Crippen LogP contribution in [0.25, 0.3) is 0 Å². The van der Waals surface area contributed by atoms with Crippen molar-refractivity contribution in [2.24, 2.45) is 0 Å². The molecule has 2 aromatic rings. The number of aromatic nitrogens is 2. The molecular weight excluding hydrogens is 246 g/mol. The van der Waals surface area contributed by atoms with Gasteiger partial charge in [0.1, 0.15) is 5.82 Å². The van der Waals surface area contributed by atoms with Crippen molar-refractivity contribution in [1.82, 2.24) is 9.78 Å². The number of carbonyl (C=O) groups is 1. The van der Waals surface area contributed by atoms with E-state index in [1.807, 2.05) is 22.2 Å². The van der Waals surface area contributed by atoms with E-state index in [4.69, 9.17) is 0 Å². The molecule has 18 heavy (non-hydrogen) atoms. The van der Waals surface area contributed by atoms with E-state index in [2.05, 4.69) is 24.3 Å². The third kappa shape index (κ3) is 2.61. The van der Waals surface area contributed by atoms with E-state index in [1.54, 1.807) is 6.20 Å². The first-order chi connectivity index (χ1) is 8.76. The highest BCUT2D eigenvalue weighted by Crippen LogP contribution is 2.19. The van der Waals surface area contributed by atoms with Crippen LogP contribution in [-0.2, 0) is 13.0 Å². The number of nitrogens with one attached hydrogen (secondary N) is 1. The zero-order valence-corrected chi connectivity index (χ0v) is 11.5. The van der Waals surface area contributed by atoms with Crippen molar-refractivity contribution >= 4 is 23.1 Å². The summed E-state index contributed by atoms with van der Waals surface area (Å²) >= 11 is 1.48. The van der Waals surface area contributed by atoms with Gasteiger partial charge in [0, 0.05) is 12.6 Å². The molecule has 1 amide bonds. The summed E-state index contributed by atoms with van der Waals surface area (Å²) in [6.07, 6.45) is 3.57. The van der Waals surface area contributed by atoms with Crippen molar-refractivity contribution in [2.75, 3.05) is 5.32 Å². The predicted octanol–water partition coefficient (Wildman–Crippen LogP) is 3.17. The summed E-state index contributed by atoms with van der Waals surface area (Å²) in [6, 6.07) is 3.83. The average molecular weight is 263 g/mol. The van der Waals surface area contributed by atoms with Gasteiger partial charge in [0.05, 0.1) is 11.1 Å². The molecule has 1 N–H and O–H groups in total. The summed E-state index contributed by atoms with van der Waals surface area (Å²) in [5, 5.41) is 9.07. The van der Waals surface area contributed by atoms with E-state index in [0.717, 1.165) is 35.6 Å². The Balaban J connectivity index is 2.14. The Kier molecular flexibility index (Phi) is 4.15. The van der Waals surface area contributed by atoms with Gasteiger partial charge >= 0.3 is 0 Å². The lowest BCUT2D eigenvalue weighted by Crippen LogP contribution is -2.15. The molecule has 2 rings (SSSR count). The van der Waals surface area contributed by atoms with Crippen LogP contribution in [0.15, 0.2) is 23.7 Å². The topological polar surface area (TPSA) is 46.9 Å². The van der Waals surface area contributed by atoms with E-state index >= 15 is 0 Å². The average Bonchev–Trinajstić information content (AvgIpc) is 2.98. The Morgan fingerprint density at radius 3 is 3.00 bits per heavy atom. The van der Waals surface area contributed by atoms with Crippen molar-refractivity contribution in [3.05, 3.63) is 34.2 Å². The zero-order chi connectivity index (χ0) is 13.0. The maximum atomic E-state index is 12.2. The molecule has 0 aliphatic rings. The fraction of sp³-hybridized carbons (Fsp3) is 0.385. The molecule has 0 bridgehead atoms. The third-order valence-electron chi connectivity index (χ3n) is 2.73. The number of amides is 1. The summed E-state index contributed by atoms with van der Waals surface area (Å²) in [5.74, 6) is 0.719. The molecule has 0 radical (unpaired) electrons. The van der Waals surface area contributed by atoms with Crippen LogP contribution in [0.5, 0.6) is 0 Å². The number of hydrogen-bond donors (Lipinski definition) is 1. The Morgan fingerprint density at radius 2 is 2.28 bits per heavy atom. The Labute approximate surface area is 111 Å². The van der Waals surface area contributed by atoms with E-state index in [0.29, 0.717) is 0 Å². The van der Waals surface area contributed by atoms with Crippen molar-refractivity contribution in [3.63, 3.8) is 0 Å². The molecule has 0 saturated heterocycles. The fourth-order valence-corrected chi connectivity index (χ4v) is 2.71. The van der Waals surface area contributed by atoms with Crippen LogP contribution in [0.2, 0.25) is 0 Å². The van der Waals surface area contributed by atoms with Gasteiger partial charge in [0.25, 0.3) is 5.91 Å². The summed E-state index contributed by atoms with van der Waals surface area (Å²) in [7, 11) is 0. The van der Waals surface area contributed by atoms with Gasteiger partial charge < -0.3 is 5.32 Å². The second-order valence-corrected chi connectivity index (χ2v) is 4.94. The standard InChI is InChI=1S/C13H17N3OS/c1-3-8-16-11(5-7-14-16)15-13(17)12-10(4-2)6-9-18-12/h5-7,9H,3-4,8H2,1-2H3,(H,15,17). The highest BCUT2D eigenvalue weighted by Gasteiger charge is 2.13. The van der Waals surface area contributed by atoms with Gasteiger partial charge in [0.2, 0.25) is 0 Å². The van der Waals surface area contributed by atoms with Gasteiger partial charge in [-0.25, -0.2) is 4.68 Å². The lowest BCUT2D eigenvalue weighted by molar-refractivity contribution is 0.102. The molecule has 4 nitrogen and oxygen atoms in total. The number of thiophene rings is 1. The smallest absolute Gasteiger partial charge is 0.267 e. The molecule has 0 unspecified atom stereocenters. The molecular formula is C13H17N3OS. The summed E-state index contributed by atoms with van der Waals surface area (Å²) in [5.41, 5.74) is 1.10. The first kappa shape index (κ1) is 12.8. The fourth-order valence-electron chi connectivity index (χ4n) is 1.82. The quantitative estimate of drug-likeness (QED) is 0.900. The number of nitrogens with zero attached hydrogens (tertiary/aromatic N) is 2. The molecule has 0 aromatic carbocycles. The first-order valence-corrected chi connectivity index (χ1v) is 7.03. The van der Waals surface area contributed by atoms with Gasteiger partial charge in [-0.05, 0) is 29.9 Å². The second-order valence-electron chi connectivity index (χ2n) is 4.02. The third-order valence-corrected chi connectivity index (χ3v) is 3.68. The molecule has 2 aromatic heterocycles. The SMILES string of the molecule is CCCn1nccc1NC(=O)c1sccc1CC. The Hall–Kier alpha value is -1.62. The lowest BCUT2D eigenvalue weighted by atomic mass is 10.2. The highest BCUT2D eigenvalue weighted by molar-refractivity contribution is 7.12. The molecule has 0 atom stereocenters. The minimum absolute atomic E-state index is 0.0419. The van der Waals surface area contributed by atoms with Gasteiger partial charge in [-0.1, -0.05) is 13.8 Å². The van der Waals surface area contributed by atoms with Gasteiger partial charge in [-0.2, -0.15) is 5.10 Å². The molecule has 0 spiro atoms. The maximum absolute atomic E-state index is 12.2. The number of carbonyl (C=O) groups excluding carboxylic acids is 1. The van der Waals surface area contributed by atoms with Crippen molar-refractivity contribution < 1.29 is 4.79 Å². The van der Waals surface area contributed by atoms with Gasteiger partial charge in [0.15, 0.2) is 0 Å².